The summed E-state index contributed by atoms with van der Waals surface area (Å²) in [6.45, 7) is 8.52. The molecule has 3 rings (SSSR count). The molecule has 162 valence electrons. The van der Waals surface area contributed by atoms with Crippen LogP contribution in [0, 0.1) is 5.92 Å². The Labute approximate surface area is 180 Å². The molecule has 1 heterocycles. The van der Waals surface area contributed by atoms with E-state index < -0.39 is 6.10 Å². The molecular weight excluding hydrogens is 376 g/mol. The summed E-state index contributed by atoms with van der Waals surface area (Å²) in [7, 11) is 1.62. The Morgan fingerprint density at radius 1 is 1.13 bits per heavy atom. The number of benzene rings is 2. The molecule has 1 fully saturated rings. The van der Waals surface area contributed by atoms with Crippen LogP contribution in [-0.4, -0.2) is 32.2 Å². The topological polar surface area (TPSA) is 50.8 Å². The quantitative estimate of drug-likeness (QED) is 0.668. The van der Waals surface area contributed by atoms with Crippen LogP contribution >= 0.6 is 0 Å². The van der Waals surface area contributed by atoms with Gasteiger partial charge >= 0.3 is 0 Å². The molecule has 2 aromatic rings. The normalized spacial score (nSPS) is 18.4. The summed E-state index contributed by atoms with van der Waals surface area (Å²) in [6, 6.07) is 15.8. The first-order valence-corrected chi connectivity index (χ1v) is 11.0. The molecule has 0 saturated carbocycles. The third-order valence-corrected chi connectivity index (χ3v) is 5.78. The molecular formula is C25H34N2O3. The van der Waals surface area contributed by atoms with E-state index in [4.69, 9.17) is 9.47 Å². The molecule has 0 spiro atoms. The molecule has 5 heteroatoms. The Hall–Kier alpha value is -2.69. The molecule has 0 unspecified atom stereocenters. The number of carbonyl (C=O) groups is 1. The molecule has 5 nitrogen and oxygen atoms in total. The number of methoxy groups -OCH3 is 1. The van der Waals surface area contributed by atoms with E-state index in [9.17, 15) is 4.79 Å². The lowest BCUT2D eigenvalue weighted by Crippen LogP contribution is -2.39. The van der Waals surface area contributed by atoms with Crippen LogP contribution in [0.15, 0.2) is 48.5 Å². The molecule has 1 saturated heterocycles. The van der Waals surface area contributed by atoms with Gasteiger partial charge in [-0.1, -0.05) is 26.0 Å². The summed E-state index contributed by atoms with van der Waals surface area (Å²) in [4.78, 5) is 15.2. The van der Waals surface area contributed by atoms with Gasteiger partial charge in [0.15, 0.2) is 6.10 Å². The van der Waals surface area contributed by atoms with Crippen LogP contribution in [0.4, 0.5) is 5.69 Å². The van der Waals surface area contributed by atoms with Crippen molar-refractivity contribution in [2.45, 2.75) is 52.2 Å². The molecule has 1 amide bonds. The molecule has 2 aromatic carbocycles. The number of nitrogens with one attached hydrogen (secondary N) is 1. The zero-order valence-corrected chi connectivity index (χ0v) is 18.6. The second-order valence-corrected chi connectivity index (χ2v) is 8.21. The molecule has 30 heavy (non-hydrogen) atoms. The van der Waals surface area contributed by atoms with Crippen molar-refractivity contribution in [2.24, 2.45) is 5.92 Å². The largest absolute Gasteiger partial charge is 0.497 e. The van der Waals surface area contributed by atoms with Crippen molar-refractivity contribution < 1.29 is 14.3 Å². The molecule has 0 aromatic heterocycles. The lowest BCUT2D eigenvalue weighted by atomic mass is 9.99. The fraction of sp³-hybridized carbons (Fsp3) is 0.480. The highest BCUT2D eigenvalue weighted by Gasteiger charge is 2.21. The Balaban J connectivity index is 1.57. The van der Waals surface area contributed by atoms with Crippen molar-refractivity contribution in [3.63, 3.8) is 0 Å². The number of carbonyl (C=O) groups excluding carboxylic acids is 1. The second kappa shape index (κ2) is 10.4. The second-order valence-electron chi connectivity index (χ2n) is 8.21. The van der Waals surface area contributed by atoms with Gasteiger partial charge in [0.05, 0.1) is 13.2 Å². The van der Waals surface area contributed by atoms with Crippen LogP contribution < -0.4 is 19.7 Å². The Morgan fingerprint density at radius 3 is 2.40 bits per heavy atom. The average molecular weight is 411 g/mol. The first kappa shape index (κ1) is 22.0. The summed E-state index contributed by atoms with van der Waals surface area (Å²) in [5.74, 6) is 2.06. The van der Waals surface area contributed by atoms with Gasteiger partial charge in [-0.15, -0.1) is 0 Å². The number of piperidine rings is 1. The van der Waals surface area contributed by atoms with E-state index in [0.717, 1.165) is 30.3 Å². The minimum absolute atomic E-state index is 0.0830. The van der Waals surface area contributed by atoms with Gasteiger partial charge in [-0.3, -0.25) is 4.79 Å². The molecule has 1 aliphatic rings. The number of anilines is 1. The van der Waals surface area contributed by atoms with Gasteiger partial charge in [0, 0.05) is 18.8 Å². The maximum absolute atomic E-state index is 12.8. The number of hydrogen-bond acceptors (Lipinski definition) is 4. The van der Waals surface area contributed by atoms with Crippen molar-refractivity contribution in [3.8, 4) is 11.5 Å². The third kappa shape index (κ3) is 5.68. The molecule has 3 atom stereocenters. The lowest BCUT2D eigenvalue weighted by molar-refractivity contribution is -0.128. The van der Waals surface area contributed by atoms with Gasteiger partial charge in [0.1, 0.15) is 11.5 Å². The van der Waals surface area contributed by atoms with Crippen LogP contribution in [0.1, 0.15) is 51.6 Å². The fourth-order valence-electron chi connectivity index (χ4n) is 3.93. The van der Waals surface area contributed by atoms with Crippen molar-refractivity contribution >= 4 is 11.6 Å². The van der Waals surface area contributed by atoms with Crippen molar-refractivity contribution in [3.05, 3.63) is 54.1 Å². The summed E-state index contributed by atoms with van der Waals surface area (Å²) in [5.41, 5.74) is 2.36. The highest BCUT2D eigenvalue weighted by molar-refractivity contribution is 5.81. The van der Waals surface area contributed by atoms with E-state index in [1.807, 2.05) is 38.1 Å². The highest BCUT2D eigenvalue weighted by Crippen LogP contribution is 2.25. The molecule has 0 radical (unpaired) electrons. The van der Waals surface area contributed by atoms with Gasteiger partial charge in [0.2, 0.25) is 0 Å². The van der Waals surface area contributed by atoms with Crippen molar-refractivity contribution in [1.29, 1.82) is 0 Å². The van der Waals surface area contributed by atoms with Crippen LogP contribution in [-0.2, 0) is 4.79 Å². The van der Waals surface area contributed by atoms with E-state index in [0.29, 0.717) is 12.2 Å². The zero-order valence-electron chi connectivity index (χ0n) is 18.6. The molecule has 0 aliphatic carbocycles. The minimum atomic E-state index is -0.532. The van der Waals surface area contributed by atoms with E-state index in [1.54, 1.807) is 7.11 Å². The average Bonchev–Trinajstić information content (AvgIpc) is 2.77. The predicted octanol–water partition coefficient (Wildman–Crippen LogP) is 4.97. The van der Waals surface area contributed by atoms with E-state index in [1.165, 1.54) is 18.5 Å². The van der Waals surface area contributed by atoms with Crippen molar-refractivity contribution in [2.75, 3.05) is 25.1 Å². The Kier molecular flexibility index (Phi) is 7.61. The van der Waals surface area contributed by atoms with E-state index >= 15 is 0 Å². The predicted molar refractivity (Wildman–Crippen MR) is 121 cm³/mol. The Bertz CT molecular complexity index is 804. The van der Waals surface area contributed by atoms with Crippen molar-refractivity contribution in [1.82, 2.24) is 5.32 Å². The summed E-state index contributed by atoms with van der Waals surface area (Å²) in [6.07, 6.45) is 2.63. The van der Waals surface area contributed by atoms with Gasteiger partial charge in [-0.2, -0.15) is 0 Å². The summed E-state index contributed by atoms with van der Waals surface area (Å²) >= 11 is 0. The van der Waals surface area contributed by atoms with Crippen LogP contribution in [0.25, 0.3) is 0 Å². The number of amides is 1. The highest BCUT2D eigenvalue weighted by atomic mass is 16.5. The zero-order chi connectivity index (χ0) is 21.5. The van der Waals surface area contributed by atoms with Crippen LogP contribution in [0.5, 0.6) is 11.5 Å². The van der Waals surface area contributed by atoms with E-state index in [2.05, 4.69) is 41.4 Å². The number of hydrogen-bond donors (Lipinski definition) is 1. The summed E-state index contributed by atoms with van der Waals surface area (Å²) < 4.78 is 11.1. The minimum Gasteiger partial charge on any atom is -0.497 e. The monoisotopic (exact) mass is 410 g/mol. The maximum Gasteiger partial charge on any atom is 0.261 e. The first-order valence-electron chi connectivity index (χ1n) is 11.0. The van der Waals surface area contributed by atoms with E-state index in [-0.39, 0.29) is 11.9 Å². The van der Waals surface area contributed by atoms with Gasteiger partial charge < -0.3 is 19.7 Å². The lowest BCUT2D eigenvalue weighted by Gasteiger charge is -2.33. The maximum atomic E-state index is 12.8. The standard InChI is InChI=1S/C25H34N2O3/c1-5-24(30-23-14-12-22(29-4)13-15-23)25(28)26-19(3)20-8-10-21(11-9-20)27-16-6-7-18(2)17-27/h8-15,18-19,24H,5-7,16-17H2,1-4H3,(H,26,28)/t18-,19-,24+/m1/s1. The van der Waals surface area contributed by atoms with Crippen LogP contribution in [0.2, 0.25) is 0 Å². The van der Waals surface area contributed by atoms with Crippen LogP contribution in [0.3, 0.4) is 0 Å². The van der Waals surface area contributed by atoms with Gasteiger partial charge in [-0.05, 0) is 74.1 Å². The molecule has 1 aliphatic heterocycles. The van der Waals surface area contributed by atoms with Gasteiger partial charge in [-0.25, -0.2) is 0 Å². The molecule has 1 N–H and O–H groups in total. The van der Waals surface area contributed by atoms with Gasteiger partial charge in [0.25, 0.3) is 5.91 Å². The number of rotatable bonds is 8. The Morgan fingerprint density at radius 2 is 1.80 bits per heavy atom. The summed E-state index contributed by atoms with van der Waals surface area (Å²) in [5, 5.41) is 3.09. The number of ether oxygens (including phenoxy) is 2. The fourth-order valence-corrected chi connectivity index (χ4v) is 3.93. The smallest absolute Gasteiger partial charge is 0.261 e. The molecule has 0 bridgehead atoms. The first-order chi connectivity index (χ1) is 14.5. The SMILES string of the molecule is CC[C@H](Oc1ccc(OC)cc1)C(=O)N[C@H](C)c1ccc(N2CCC[C@@H](C)C2)cc1. The third-order valence-electron chi connectivity index (χ3n) is 5.78. The number of nitrogens with zero attached hydrogens (tertiary/aromatic N) is 1.